The van der Waals surface area contributed by atoms with Crippen molar-refractivity contribution in [1.82, 2.24) is 0 Å². The van der Waals surface area contributed by atoms with Crippen LogP contribution in [0.2, 0.25) is 0 Å². The van der Waals surface area contributed by atoms with Crippen molar-refractivity contribution in [3.63, 3.8) is 0 Å². The normalized spacial score (nSPS) is 50.3. The van der Waals surface area contributed by atoms with Crippen LogP contribution in [0.1, 0.15) is 47.9 Å². The summed E-state index contributed by atoms with van der Waals surface area (Å²) in [5.41, 5.74) is 1.13. The Hall–Kier alpha value is 0.660. The van der Waals surface area contributed by atoms with E-state index in [9.17, 15) is 5.11 Å². The van der Waals surface area contributed by atoms with Crippen LogP contribution in [-0.4, -0.2) is 16.5 Å². The van der Waals surface area contributed by atoms with Gasteiger partial charge >= 0.3 is 29.6 Å². The second kappa shape index (κ2) is 4.60. The predicted octanol–water partition coefficient (Wildman–Crippen LogP) is 0.229. The van der Waals surface area contributed by atoms with Gasteiger partial charge in [0, 0.05) is 18.3 Å². The molecule has 2 saturated heterocycles. The fourth-order valence-corrected chi connectivity index (χ4v) is 4.64. The van der Waals surface area contributed by atoms with Crippen molar-refractivity contribution < 1.29 is 40.8 Å². The van der Waals surface area contributed by atoms with E-state index in [4.69, 9.17) is 4.74 Å². The van der Waals surface area contributed by atoms with Crippen molar-refractivity contribution in [2.24, 2.45) is 23.7 Å². The molecule has 1 N–H and O–H groups in total. The Labute approximate surface area is 134 Å². The summed E-state index contributed by atoms with van der Waals surface area (Å²) >= 11 is 0. The molecule has 3 aliphatic rings. The molecule has 0 aromatic rings. The molecule has 2 aliphatic heterocycles. The Balaban J connectivity index is 0.000000902. The maximum Gasteiger partial charge on any atom is 1.00 e. The van der Waals surface area contributed by atoms with Gasteiger partial charge in [0.2, 0.25) is 0 Å². The molecule has 2 heterocycles. The van der Waals surface area contributed by atoms with Gasteiger partial charge in [0.25, 0.3) is 0 Å². The van der Waals surface area contributed by atoms with Gasteiger partial charge in [-0.25, -0.2) is 0 Å². The molecule has 2 bridgehead atoms. The molecule has 3 rings (SSSR count). The summed E-state index contributed by atoms with van der Waals surface area (Å²) in [6.07, 6.45) is 4.08. The molecule has 3 heteroatoms. The zero-order valence-corrected chi connectivity index (χ0v) is 14.2. The molecule has 0 amide bonds. The molecule has 1 saturated carbocycles. The summed E-state index contributed by atoms with van der Waals surface area (Å²) in [6.45, 7) is 10.9. The van der Waals surface area contributed by atoms with E-state index in [1.54, 1.807) is 0 Å². The molecule has 18 heavy (non-hydrogen) atoms. The van der Waals surface area contributed by atoms with Crippen molar-refractivity contribution in [3.05, 3.63) is 12.2 Å². The van der Waals surface area contributed by atoms with E-state index >= 15 is 0 Å². The average Bonchev–Trinajstić information content (AvgIpc) is 2.65. The predicted molar refractivity (Wildman–Crippen MR) is 68.5 cm³/mol. The molecular weight excluding hydrogens is 235 g/mol. The third kappa shape index (κ3) is 1.80. The van der Waals surface area contributed by atoms with E-state index in [0.29, 0.717) is 24.2 Å². The summed E-state index contributed by atoms with van der Waals surface area (Å²) < 4.78 is 6.25. The zero-order chi connectivity index (χ0) is 12.4. The standard InChI is InChI=1S/C15H24O2.Na.H/c1-9(2)13-8-14-11(4)5-6-12(14)10(3)7-15(13,16)17-14;;/h9,11-13,16H,3,5-8H2,1-2,4H3;;/q;+1;-1/t11-,12-,13-,14-,15-;;/m0../s1. The molecule has 0 aromatic carbocycles. The van der Waals surface area contributed by atoms with E-state index in [1.807, 2.05) is 0 Å². The minimum atomic E-state index is -0.930. The summed E-state index contributed by atoms with van der Waals surface area (Å²) in [4.78, 5) is 0. The molecule has 1 spiro atoms. The zero-order valence-electron chi connectivity index (χ0n) is 13.2. The Bertz CT molecular complexity index is 373. The van der Waals surface area contributed by atoms with Crippen LogP contribution in [0.25, 0.3) is 0 Å². The fraction of sp³-hybridized carbons (Fsp3) is 0.867. The van der Waals surface area contributed by atoms with Crippen LogP contribution in [-0.2, 0) is 4.74 Å². The third-order valence-corrected chi connectivity index (χ3v) is 5.58. The molecule has 98 valence electrons. The van der Waals surface area contributed by atoms with Crippen molar-refractivity contribution >= 4 is 0 Å². The van der Waals surface area contributed by atoms with Gasteiger partial charge in [-0.3, -0.25) is 0 Å². The maximum atomic E-state index is 10.8. The number of aliphatic hydroxyl groups is 1. The molecule has 0 unspecified atom stereocenters. The van der Waals surface area contributed by atoms with Gasteiger partial charge in [-0.15, -0.1) is 0 Å². The third-order valence-electron chi connectivity index (χ3n) is 5.58. The van der Waals surface area contributed by atoms with E-state index in [0.717, 1.165) is 6.42 Å². The number of fused-ring (bicyclic) bond motifs is 1. The van der Waals surface area contributed by atoms with Crippen LogP contribution in [0.15, 0.2) is 12.2 Å². The van der Waals surface area contributed by atoms with Crippen molar-refractivity contribution in [1.29, 1.82) is 0 Å². The molecule has 1 aliphatic carbocycles. The first-order valence-corrected chi connectivity index (χ1v) is 6.99. The summed E-state index contributed by atoms with van der Waals surface area (Å²) in [6, 6.07) is 0. The Morgan fingerprint density at radius 2 is 2.11 bits per heavy atom. The SMILES string of the molecule is C=C1C[C@]2(O)O[C@@]3(C[C@H]2C(C)C)[C@@H](C)CC[C@@H]13.[H-].[Na+]. The van der Waals surface area contributed by atoms with Gasteiger partial charge in [-0.05, 0) is 31.1 Å². The van der Waals surface area contributed by atoms with Crippen molar-refractivity contribution in [2.45, 2.75) is 57.8 Å². The first-order valence-electron chi connectivity index (χ1n) is 6.99. The van der Waals surface area contributed by atoms with E-state index in [-0.39, 0.29) is 42.5 Å². The van der Waals surface area contributed by atoms with Crippen LogP contribution in [0, 0.1) is 23.7 Å². The quantitative estimate of drug-likeness (QED) is 0.540. The number of rotatable bonds is 1. The summed E-state index contributed by atoms with van der Waals surface area (Å²) in [5, 5.41) is 10.8. The number of hydrogen-bond donors (Lipinski definition) is 1. The molecule has 0 radical (unpaired) electrons. The first-order chi connectivity index (χ1) is 7.89. The van der Waals surface area contributed by atoms with Gasteiger partial charge < -0.3 is 11.3 Å². The number of ether oxygens (including phenoxy) is 1. The Morgan fingerprint density at radius 1 is 1.44 bits per heavy atom. The maximum absolute atomic E-state index is 10.8. The molecule has 0 aromatic heterocycles. The second-order valence-corrected chi connectivity index (χ2v) is 6.82. The minimum absolute atomic E-state index is 0. The van der Waals surface area contributed by atoms with Gasteiger partial charge in [0.1, 0.15) is 0 Å². The molecular formula is C15H25NaO2. The Kier molecular flexibility index (Phi) is 3.84. The van der Waals surface area contributed by atoms with Gasteiger partial charge in [-0.1, -0.05) is 32.9 Å². The van der Waals surface area contributed by atoms with E-state index < -0.39 is 5.79 Å². The van der Waals surface area contributed by atoms with Gasteiger partial charge in [0.05, 0.1) is 5.60 Å². The molecule has 5 atom stereocenters. The van der Waals surface area contributed by atoms with E-state index in [2.05, 4.69) is 27.4 Å². The first kappa shape index (κ1) is 15.1. The number of hydrogen-bond acceptors (Lipinski definition) is 2. The summed E-state index contributed by atoms with van der Waals surface area (Å²) in [7, 11) is 0. The van der Waals surface area contributed by atoms with Gasteiger partial charge in [-0.2, -0.15) is 0 Å². The topological polar surface area (TPSA) is 29.5 Å². The largest absolute Gasteiger partial charge is 1.00 e. The molecule has 2 nitrogen and oxygen atoms in total. The van der Waals surface area contributed by atoms with Gasteiger partial charge in [0.15, 0.2) is 5.79 Å². The molecule has 3 fully saturated rings. The van der Waals surface area contributed by atoms with Crippen molar-refractivity contribution in [3.8, 4) is 0 Å². The van der Waals surface area contributed by atoms with Crippen LogP contribution in [0.3, 0.4) is 0 Å². The van der Waals surface area contributed by atoms with Crippen LogP contribution < -0.4 is 29.6 Å². The minimum Gasteiger partial charge on any atom is -1.00 e. The fourth-order valence-electron chi connectivity index (χ4n) is 4.64. The van der Waals surface area contributed by atoms with Crippen LogP contribution >= 0.6 is 0 Å². The summed E-state index contributed by atoms with van der Waals surface area (Å²) in [5.74, 6) is 0.852. The second-order valence-electron chi connectivity index (χ2n) is 6.82. The van der Waals surface area contributed by atoms with E-state index in [1.165, 1.54) is 18.4 Å². The Morgan fingerprint density at radius 3 is 2.72 bits per heavy atom. The van der Waals surface area contributed by atoms with Crippen molar-refractivity contribution in [2.75, 3.05) is 0 Å². The van der Waals surface area contributed by atoms with Crippen LogP contribution in [0.4, 0.5) is 0 Å². The monoisotopic (exact) mass is 260 g/mol. The smallest absolute Gasteiger partial charge is 1.00 e. The van der Waals surface area contributed by atoms with Crippen LogP contribution in [0.5, 0.6) is 0 Å². The average molecular weight is 260 g/mol.